The summed E-state index contributed by atoms with van der Waals surface area (Å²) >= 11 is 0. The maximum Gasteiger partial charge on any atom is 0.276 e. The van der Waals surface area contributed by atoms with Crippen molar-refractivity contribution in [3.63, 3.8) is 0 Å². The average molecular weight is 317 g/mol. The molecule has 2 aliphatic heterocycles. The lowest BCUT2D eigenvalue weighted by Crippen LogP contribution is -2.55. The Morgan fingerprint density at radius 2 is 2.09 bits per heavy atom. The summed E-state index contributed by atoms with van der Waals surface area (Å²) in [6.45, 7) is 7.11. The zero-order valence-corrected chi connectivity index (χ0v) is 14.2. The molecule has 3 fully saturated rings. The predicted molar refractivity (Wildman–Crippen MR) is 87.4 cm³/mol. The van der Waals surface area contributed by atoms with Crippen molar-refractivity contribution >= 4 is 5.91 Å². The van der Waals surface area contributed by atoms with Crippen molar-refractivity contribution in [3.8, 4) is 0 Å². The number of piperidine rings is 2. The van der Waals surface area contributed by atoms with Crippen LogP contribution in [0.15, 0.2) is 10.6 Å². The molecule has 0 N–H and O–H groups in total. The van der Waals surface area contributed by atoms with Crippen LogP contribution in [0.5, 0.6) is 0 Å². The van der Waals surface area contributed by atoms with Crippen molar-refractivity contribution in [3.05, 3.63) is 17.5 Å². The number of hydrogen-bond donors (Lipinski definition) is 0. The lowest BCUT2D eigenvalue weighted by atomic mass is 9.83. The lowest BCUT2D eigenvalue weighted by molar-refractivity contribution is 0.0170. The van der Waals surface area contributed by atoms with E-state index in [2.05, 4.69) is 23.9 Å². The Labute approximate surface area is 138 Å². The van der Waals surface area contributed by atoms with Crippen LogP contribution in [0.2, 0.25) is 0 Å². The highest BCUT2D eigenvalue weighted by molar-refractivity contribution is 5.92. The molecule has 0 bridgehead atoms. The number of carbonyl (C=O) groups excluding carboxylic acids is 1. The monoisotopic (exact) mass is 317 g/mol. The van der Waals surface area contributed by atoms with Gasteiger partial charge in [0.25, 0.3) is 5.91 Å². The number of rotatable bonds is 3. The van der Waals surface area contributed by atoms with Gasteiger partial charge in [0.2, 0.25) is 0 Å². The van der Waals surface area contributed by atoms with E-state index in [9.17, 15) is 4.79 Å². The van der Waals surface area contributed by atoms with Gasteiger partial charge in [0, 0.05) is 37.2 Å². The van der Waals surface area contributed by atoms with Gasteiger partial charge < -0.3 is 9.42 Å². The fourth-order valence-electron chi connectivity index (χ4n) is 4.31. The molecule has 1 aromatic heterocycles. The standard InChI is InChI=1S/C18H27N3O2/c1-12(2)17-10-15(19-23-17)18(22)20-9-7-16-13(11-20)4-3-8-21(16)14-5-6-14/h10,12-14,16H,3-9,11H2,1-2H3/t13-,16-/m0/s1. The second kappa shape index (κ2) is 5.93. The number of carbonyl (C=O) groups is 1. The fraction of sp³-hybridized carbons (Fsp3) is 0.778. The minimum absolute atomic E-state index is 0.0441. The molecule has 5 heteroatoms. The van der Waals surface area contributed by atoms with Gasteiger partial charge in [0.1, 0.15) is 5.76 Å². The van der Waals surface area contributed by atoms with E-state index in [-0.39, 0.29) is 11.8 Å². The Bertz CT molecular complexity index is 579. The number of amides is 1. The zero-order chi connectivity index (χ0) is 16.0. The highest BCUT2D eigenvalue weighted by Crippen LogP contribution is 2.38. The smallest absolute Gasteiger partial charge is 0.276 e. The minimum atomic E-state index is 0.0441. The van der Waals surface area contributed by atoms with Gasteiger partial charge in [-0.3, -0.25) is 9.69 Å². The summed E-state index contributed by atoms with van der Waals surface area (Å²) in [5.41, 5.74) is 0.474. The third-order valence-electron chi connectivity index (χ3n) is 5.73. The van der Waals surface area contributed by atoms with Crippen LogP contribution in [0.25, 0.3) is 0 Å². The van der Waals surface area contributed by atoms with Crippen molar-refractivity contribution in [1.29, 1.82) is 0 Å². The maximum absolute atomic E-state index is 12.7. The van der Waals surface area contributed by atoms with Crippen LogP contribution >= 0.6 is 0 Å². The topological polar surface area (TPSA) is 49.6 Å². The second-order valence-electron chi connectivity index (χ2n) is 7.75. The highest BCUT2D eigenvalue weighted by atomic mass is 16.5. The van der Waals surface area contributed by atoms with E-state index in [4.69, 9.17) is 4.52 Å². The average Bonchev–Trinajstić information content (AvgIpc) is 3.28. The van der Waals surface area contributed by atoms with Crippen LogP contribution < -0.4 is 0 Å². The molecule has 2 saturated heterocycles. The molecular weight excluding hydrogens is 290 g/mol. The number of hydrogen-bond acceptors (Lipinski definition) is 4. The summed E-state index contributed by atoms with van der Waals surface area (Å²) in [6, 6.07) is 3.36. The lowest BCUT2D eigenvalue weighted by Gasteiger charge is -2.47. The van der Waals surface area contributed by atoms with Crippen molar-refractivity contribution < 1.29 is 9.32 Å². The molecule has 126 valence electrons. The number of aromatic nitrogens is 1. The van der Waals surface area contributed by atoms with Gasteiger partial charge in [-0.2, -0.15) is 0 Å². The Kier molecular flexibility index (Phi) is 3.92. The molecule has 3 heterocycles. The van der Waals surface area contributed by atoms with E-state index in [1.165, 1.54) is 32.2 Å². The Hall–Kier alpha value is -1.36. The van der Waals surface area contributed by atoms with Crippen molar-refractivity contribution in [2.45, 2.75) is 64.0 Å². The first-order valence-electron chi connectivity index (χ1n) is 9.15. The first-order valence-corrected chi connectivity index (χ1v) is 9.15. The van der Waals surface area contributed by atoms with E-state index in [1.54, 1.807) is 0 Å². The van der Waals surface area contributed by atoms with Crippen LogP contribution in [-0.2, 0) is 0 Å². The van der Waals surface area contributed by atoms with E-state index < -0.39 is 0 Å². The summed E-state index contributed by atoms with van der Waals surface area (Å²) in [6.07, 6.45) is 6.41. The number of likely N-dealkylation sites (tertiary alicyclic amines) is 2. The Morgan fingerprint density at radius 3 is 2.78 bits per heavy atom. The van der Waals surface area contributed by atoms with Crippen LogP contribution in [-0.4, -0.2) is 52.6 Å². The van der Waals surface area contributed by atoms with E-state index in [1.807, 2.05) is 11.0 Å². The van der Waals surface area contributed by atoms with E-state index >= 15 is 0 Å². The molecule has 0 radical (unpaired) electrons. The van der Waals surface area contributed by atoms with Crippen LogP contribution in [0.3, 0.4) is 0 Å². The molecule has 4 rings (SSSR count). The van der Waals surface area contributed by atoms with Crippen LogP contribution in [0.4, 0.5) is 0 Å². The number of fused-ring (bicyclic) bond motifs is 1. The fourth-order valence-corrected chi connectivity index (χ4v) is 4.31. The third kappa shape index (κ3) is 2.91. The van der Waals surface area contributed by atoms with Crippen LogP contribution in [0, 0.1) is 5.92 Å². The minimum Gasteiger partial charge on any atom is -0.360 e. The maximum atomic E-state index is 12.7. The van der Waals surface area contributed by atoms with Gasteiger partial charge in [0.05, 0.1) is 0 Å². The largest absolute Gasteiger partial charge is 0.360 e. The molecule has 1 amide bonds. The first-order chi connectivity index (χ1) is 11.1. The first kappa shape index (κ1) is 15.2. The van der Waals surface area contributed by atoms with Gasteiger partial charge >= 0.3 is 0 Å². The molecule has 1 saturated carbocycles. The molecule has 1 aliphatic carbocycles. The Balaban J connectivity index is 1.43. The normalized spacial score (nSPS) is 28.9. The molecule has 0 unspecified atom stereocenters. The Morgan fingerprint density at radius 1 is 1.26 bits per heavy atom. The second-order valence-corrected chi connectivity index (χ2v) is 7.75. The summed E-state index contributed by atoms with van der Waals surface area (Å²) in [4.78, 5) is 17.5. The van der Waals surface area contributed by atoms with E-state index in [0.717, 1.165) is 31.3 Å². The molecule has 0 spiro atoms. The van der Waals surface area contributed by atoms with Crippen molar-refractivity contribution in [2.75, 3.05) is 19.6 Å². The molecule has 0 aromatic carbocycles. The highest BCUT2D eigenvalue weighted by Gasteiger charge is 2.42. The molecule has 5 nitrogen and oxygen atoms in total. The quantitative estimate of drug-likeness (QED) is 0.860. The number of nitrogens with zero attached hydrogens (tertiary/aromatic N) is 3. The van der Waals surface area contributed by atoms with Gasteiger partial charge in [-0.15, -0.1) is 0 Å². The van der Waals surface area contributed by atoms with E-state index in [0.29, 0.717) is 17.7 Å². The summed E-state index contributed by atoms with van der Waals surface area (Å²) in [7, 11) is 0. The zero-order valence-electron chi connectivity index (χ0n) is 14.2. The SMILES string of the molecule is CC(C)c1cc(C(=O)N2CC[C@H]3[C@@H](CCCN3C3CC3)C2)no1. The third-order valence-corrected chi connectivity index (χ3v) is 5.73. The van der Waals surface area contributed by atoms with Crippen molar-refractivity contribution in [1.82, 2.24) is 15.0 Å². The van der Waals surface area contributed by atoms with Crippen LogP contribution in [0.1, 0.15) is 68.1 Å². The molecule has 23 heavy (non-hydrogen) atoms. The molecule has 2 atom stereocenters. The predicted octanol–water partition coefficient (Wildman–Crippen LogP) is 2.89. The van der Waals surface area contributed by atoms with Gasteiger partial charge in [-0.05, 0) is 44.6 Å². The van der Waals surface area contributed by atoms with Gasteiger partial charge in [0.15, 0.2) is 5.69 Å². The molecular formula is C18H27N3O2. The molecule has 3 aliphatic rings. The van der Waals surface area contributed by atoms with Gasteiger partial charge in [-0.1, -0.05) is 19.0 Å². The summed E-state index contributed by atoms with van der Waals surface area (Å²) in [5.74, 6) is 1.74. The van der Waals surface area contributed by atoms with Crippen molar-refractivity contribution in [2.24, 2.45) is 5.92 Å². The molecule has 1 aromatic rings. The summed E-state index contributed by atoms with van der Waals surface area (Å²) < 4.78 is 5.30. The summed E-state index contributed by atoms with van der Waals surface area (Å²) in [5, 5.41) is 3.99. The van der Waals surface area contributed by atoms with Gasteiger partial charge in [-0.25, -0.2) is 0 Å².